The summed E-state index contributed by atoms with van der Waals surface area (Å²) >= 11 is 0. The van der Waals surface area contributed by atoms with E-state index in [9.17, 15) is 9.59 Å². The number of nitrogens with zero attached hydrogens (tertiary/aromatic N) is 1. The summed E-state index contributed by atoms with van der Waals surface area (Å²) in [6, 6.07) is 11.7. The van der Waals surface area contributed by atoms with E-state index in [1.54, 1.807) is 4.90 Å². The second-order valence-electron chi connectivity index (χ2n) is 14.7. The molecule has 3 amide bonds. The summed E-state index contributed by atoms with van der Waals surface area (Å²) < 4.78 is 5.81. The summed E-state index contributed by atoms with van der Waals surface area (Å²) in [7, 11) is 0. The predicted molar refractivity (Wildman–Crippen MR) is 162 cm³/mol. The lowest BCUT2D eigenvalue weighted by molar-refractivity contribution is -0.131. The smallest absolute Gasteiger partial charge is 0.322 e. The van der Waals surface area contributed by atoms with E-state index in [1.807, 2.05) is 30.3 Å². The minimum Gasteiger partial charge on any atom is -0.365 e. The molecule has 1 heterocycles. The molecule has 0 spiro atoms. The number of carbonyl (C=O) groups is 2. The van der Waals surface area contributed by atoms with Gasteiger partial charge in [-0.1, -0.05) is 79.7 Å². The number of nitrogens with one attached hydrogen (secondary N) is 2. The zero-order valence-corrected chi connectivity index (χ0v) is 25.7. The topological polar surface area (TPSA) is 70.7 Å². The Labute approximate surface area is 240 Å². The molecule has 1 fully saturated rings. The van der Waals surface area contributed by atoms with Crippen LogP contribution in [0.4, 0.5) is 16.2 Å². The molecule has 5 rings (SSSR count). The Bertz CT molecular complexity index is 1260. The zero-order chi connectivity index (χ0) is 29.1. The molecule has 0 radical (unpaired) electrons. The Morgan fingerprint density at radius 1 is 0.775 bits per heavy atom. The number of anilines is 2. The van der Waals surface area contributed by atoms with Crippen LogP contribution in [-0.4, -0.2) is 42.6 Å². The first-order chi connectivity index (χ1) is 18.6. The maximum Gasteiger partial charge on any atom is 0.322 e. The van der Waals surface area contributed by atoms with Crippen molar-refractivity contribution >= 4 is 23.3 Å². The number of fused-ring (bicyclic) bond motifs is 2. The van der Waals surface area contributed by atoms with Gasteiger partial charge in [-0.15, -0.1) is 0 Å². The molecule has 0 saturated carbocycles. The highest BCUT2D eigenvalue weighted by Gasteiger charge is 2.46. The van der Waals surface area contributed by atoms with E-state index in [4.69, 9.17) is 4.74 Å². The minimum atomic E-state index is -0.718. The molecule has 216 valence electrons. The fourth-order valence-corrected chi connectivity index (χ4v) is 6.97. The van der Waals surface area contributed by atoms with Crippen LogP contribution in [0.2, 0.25) is 0 Å². The number of carbonyl (C=O) groups excluding carboxylic acids is 2. The van der Waals surface area contributed by atoms with Crippen molar-refractivity contribution in [3.05, 3.63) is 58.7 Å². The van der Waals surface area contributed by atoms with E-state index in [-0.39, 0.29) is 40.1 Å². The number of urea groups is 1. The van der Waals surface area contributed by atoms with Crippen molar-refractivity contribution in [2.45, 2.75) is 109 Å². The molecule has 6 heteroatoms. The average molecular weight is 546 g/mol. The summed E-state index contributed by atoms with van der Waals surface area (Å²) in [5.74, 6) is -0.232. The molecule has 1 aliphatic heterocycles. The molecule has 3 aliphatic rings. The van der Waals surface area contributed by atoms with Crippen molar-refractivity contribution in [1.82, 2.24) is 4.90 Å². The highest BCUT2D eigenvalue weighted by molar-refractivity contribution is 5.96. The van der Waals surface area contributed by atoms with Crippen LogP contribution in [0.1, 0.15) is 103 Å². The first-order valence-corrected chi connectivity index (χ1v) is 14.9. The maximum atomic E-state index is 14.0. The Morgan fingerprint density at radius 3 is 1.85 bits per heavy atom. The molecule has 1 saturated heterocycles. The molecular formula is C34H47N3O3. The van der Waals surface area contributed by atoms with Gasteiger partial charge in [-0.2, -0.15) is 0 Å². The van der Waals surface area contributed by atoms with E-state index in [0.29, 0.717) is 13.2 Å². The van der Waals surface area contributed by atoms with Gasteiger partial charge >= 0.3 is 6.03 Å². The highest BCUT2D eigenvalue weighted by Crippen LogP contribution is 2.56. The SMILES string of the molecule is CC1(C)CCC(C)(C)c2c1cc1c(c2NC(=O)N2CCOC(C(=O)Nc3ccccc3)C2)C(C)(C)CCC1(C)C. The summed E-state index contributed by atoms with van der Waals surface area (Å²) in [4.78, 5) is 28.8. The molecule has 1 unspecified atom stereocenters. The van der Waals surface area contributed by atoms with Crippen LogP contribution in [-0.2, 0) is 31.2 Å². The van der Waals surface area contributed by atoms with E-state index in [2.05, 4.69) is 72.1 Å². The zero-order valence-electron chi connectivity index (χ0n) is 25.7. The summed E-state index contributed by atoms with van der Waals surface area (Å²) in [5.41, 5.74) is 6.94. The number of rotatable bonds is 3. The van der Waals surface area contributed by atoms with Crippen molar-refractivity contribution in [2.75, 3.05) is 30.3 Å². The van der Waals surface area contributed by atoms with Crippen molar-refractivity contribution in [1.29, 1.82) is 0 Å². The van der Waals surface area contributed by atoms with Crippen molar-refractivity contribution in [2.24, 2.45) is 0 Å². The Kier molecular flexibility index (Phi) is 7.09. The third kappa shape index (κ3) is 5.15. The van der Waals surface area contributed by atoms with Gasteiger partial charge in [-0.25, -0.2) is 4.79 Å². The van der Waals surface area contributed by atoms with E-state index in [0.717, 1.165) is 37.1 Å². The second-order valence-corrected chi connectivity index (χ2v) is 14.7. The van der Waals surface area contributed by atoms with Crippen LogP contribution in [0.15, 0.2) is 36.4 Å². The normalized spacial score (nSPS) is 23.9. The third-order valence-corrected chi connectivity index (χ3v) is 9.81. The molecule has 1 atom stereocenters. The van der Waals surface area contributed by atoms with Gasteiger partial charge in [0.25, 0.3) is 5.91 Å². The Hall–Kier alpha value is -2.86. The Morgan fingerprint density at radius 2 is 1.30 bits per heavy atom. The minimum absolute atomic E-state index is 0.0244. The summed E-state index contributed by atoms with van der Waals surface area (Å²) in [6.45, 7) is 19.7. The van der Waals surface area contributed by atoms with Gasteiger partial charge in [0.1, 0.15) is 0 Å². The lowest BCUT2D eigenvalue weighted by atomic mass is 9.56. The van der Waals surface area contributed by atoms with E-state index in [1.165, 1.54) is 22.3 Å². The van der Waals surface area contributed by atoms with Crippen LogP contribution in [0.5, 0.6) is 0 Å². The van der Waals surface area contributed by atoms with Gasteiger partial charge in [-0.05, 0) is 81.7 Å². The number of hydrogen-bond acceptors (Lipinski definition) is 3. The van der Waals surface area contributed by atoms with Gasteiger partial charge in [-0.3, -0.25) is 4.79 Å². The molecule has 2 aliphatic carbocycles. The van der Waals surface area contributed by atoms with Gasteiger partial charge in [0.15, 0.2) is 6.10 Å². The lowest BCUT2D eigenvalue weighted by Crippen LogP contribution is -2.51. The summed E-state index contributed by atoms with van der Waals surface area (Å²) in [5, 5.41) is 6.38. The number of benzene rings is 2. The molecule has 0 bridgehead atoms. The number of morpholine rings is 1. The monoisotopic (exact) mass is 545 g/mol. The largest absolute Gasteiger partial charge is 0.365 e. The molecule has 40 heavy (non-hydrogen) atoms. The van der Waals surface area contributed by atoms with Crippen LogP contribution in [0.3, 0.4) is 0 Å². The van der Waals surface area contributed by atoms with E-state index < -0.39 is 6.10 Å². The molecule has 6 nitrogen and oxygen atoms in total. The van der Waals surface area contributed by atoms with Crippen LogP contribution < -0.4 is 10.6 Å². The van der Waals surface area contributed by atoms with Crippen LogP contribution >= 0.6 is 0 Å². The first kappa shape index (κ1) is 28.7. The quantitative estimate of drug-likeness (QED) is 0.427. The van der Waals surface area contributed by atoms with Crippen LogP contribution in [0, 0.1) is 0 Å². The molecule has 2 N–H and O–H groups in total. The standard InChI is InChI=1S/C34H47N3O3/c1-31(2)14-16-33(5,6)26-23(31)20-24-27(34(7,8)17-15-32(24,3)4)28(26)36-30(39)37-18-19-40-25(21-37)29(38)35-22-12-10-9-11-13-22/h9-13,20,25H,14-19,21H2,1-8H3,(H,35,38)(H,36,39). The molecule has 2 aromatic carbocycles. The van der Waals surface area contributed by atoms with Crippen molar-refractivity contribution in [3.8, 4) is 0 Å². The van der Waals surface area contributed by atoms with Gasteiger partial charge in [0, 0.05) is 12.2 Å². The van der Waals surface area contributed by atoms with Gasteiger partial charge in [0.05, 0.1) is 18.8 Å². The van der Waals surface area contributed by atoms with Crippen molar-refractivity contribution in [3.63, 3.8) is 0 Å². The number of ether oxygens (including phenoxy) is 1. The summed E-state index contributed by atoms with van der Waals surface area (Å²) in [6.07, 6.45) is 3.65. The molecule has 2 aromatic rings. The van der Waals surface area contributed by atoms with Crippen LogP contribution in [0.25, 0.3) is 0 Å². The fourth-order valence-electron chi connectivity index (χ4n) is 6.97. The number of amides is 3. The predicted octanol–water partition coefficient (Wildman–Crippen LogP) is 7.26. The fraction of sp³-hybridized carbons (Fsp3) is 0.588. The Balaban J connectivity index is 1.52. The molecular weight excluding hydrogens is 498 g/mol. The third-order valence-electron chi connectivity index (χ3n) is 9.81. The first-order valence-electron chi connectivity index (χ1n) is 14.9. The number of para-hydroxylation sites is 1. The van der Waals surface area contributed by atoms with Crippen molar-refractivity contribution < 1.29 is 14.3 Å². The number of hydrogen-bond donors (Lipinski definition) is 2. The average Bonchev–Trinajstić information content (AvgIpc) is 2.89. The van der Waals surface area contributed by atoms with E-state index >= 15 is 0 Å². The van der Waals surface area contributed by atoms with Gasteiger partial charge in [0.2, 0.25) is 0 Å². The lowest BCUT2D eigenvalue weighted by Gasteiger charge is -2.49. The second kappa shape index (κ2) is 9.90. The van der Waals surface area contributed by atoms with Gasteiger partial charge < -0.3 is 20.3 Å². The highest BCUT2D eigenvalue weighted by atomic mass is 16.5. The molecule has 0 aromatic heterocycles. The maximum absolute atomic E-state index is 14.0.